The molecule has 3 heteroatoms. The Hall–Kier alpha value is -1.51. The maximum absolute atomic E-state index is 11.6. The number of ether oxygens (including phenoxy) is 1. The number of carbonyl (C=O) groups is 1. The summed E-state index contributed by atoms with van der Waals surface area (Å²) in [6, 6.07) is 8.22. The van der Waals surface area contributed by atoms with Gasteiger partial charge < -0.3 is 9.64 Å². The van der Waals surface area contributed by atoms with Crippen LogP contribution in [0.25, 0.3) is 0 Å². The molecule has 3 rings (SSSR count). The Morgan fingerprint density at radius 1 is 1.31 bits per heavy atom. The molecular formula is C13H15NO2. The van der Waals surface area contributed by atoms with Crippen molar-refractivity contribution in [1.29, 1.82) is 0 Å². The molecule has 2 atom stereocenters. The number of nitrogens with zero attached hydrogens (tertiary/aromatic N) is 1. The van der Waals surface area contributed by atoms with Crippen LogP contribution in [-0.2, 0) is 14.9 Å². The molecule has 2 aliphatic heterocycles. The topological polar surface area (TPSA) is 29.5 Å². The molecule has 1 fully saturated rings. The van der Waals surface area contributed by atoms with Gasteiger partial charge in [0.05, 0.1) is 11.8 Å². The molecule has 1 aromatic rings. The van der Waals surface area contributed by atoms with Crippen LogP contribution in [0.5, 0.6) is 0 Å². The third kappa shape index (κ3) is 0.833. The molecule has 0 radical (unpaired) electrons. The monoisotopic (exact) mass is 217 g/mol. The highest BCUT2D eigenvalue weighted by Crippen LogP contribution is 2.56. The predicted octanol–water partition coefficient (Wildman–Crippen LogP) is 2.06. The lowest BCUT2D eigenvalue weighted by Gasteiger charge is -2.37. The zero-order valence-electron chi connectivity index (χ0n) is 9.78. The lowest BCUT2D eigenvalue weighted by atomic mass is 9.76. The van der Waals surface area contributed by atoms with Gasteiger partial charge in [0.1, 0.15) is 0 Å². The van der Waals surface area contributed by atoms with Gasteiger partial charge in [-0.2, -0.15) is 0 Å². The molecule has 0 amide bonds. The van der Waals surface area contributed by atoms with Gasteiger partial charge in [-0.1, -0.05) is 18.2 Å². The van der Waals surface area contributed by atoms with Crippen LogP contribution >= 0.6 is 0 Å². The average Bonchev–Trinajstić information content (AvgIpc) is 2.57. The first-order chi connectivity index (χ1) is 7.49. The first-order valence-electron chi connectivity index (χ1n) is 5.54. The summed E-state index contributed by atoms with van der Waals surface area (Å²) >= 11 is 0. The molecule has 2 unspecified atom stereocenters. The third-order valence-corrected chi connectivity index (χ3v) is 4.33. The van der Waals surface area contributed by atoms with Crippen molar-refractivity contribution in [3.05, 3.63) is 29.8 Å². The maximum Gasteiger partial charge on any atom is 0.309 e. The highest BCUT2D eigenvalue weighted by molar-refractivity contribution is 5.81. The smallest absolute Gasteiger partial charge is 0.309 e. The number of esters is 1. The van der Waals surface area contributed by atoms with Crippen molar-refractivity contribution >= 4 is 11.7 Å². The fraction of sp³-hybridized carbons (Fsp3) is 0.462. The summed E-state index contributed by atoms with van der Waals surface area (Å²) in [5, 5.41) is 0. The highest BCUT2D eigenvalue weighted by Gasteiger charge is 2.63. The van der Waals surface area contributed by atoms with Crippen LogP contribution < -0.4 is 4.90 Å². The molecule has 1 aromatic carbocycles. The molecule has 2 heterocycles. The van der Waals surface area contributed by atoms with E-state index in [0.717, 1.165) is 0 Å². The Balaban J connectivity index is 2.27. The minimum atomic E-state index is -0.534. The highest BCUT2D eigenvalue weighted by atomic mass is 16.6. The Morgan fingerprint density at radius 2 is 2.00 bits per heavy atom. The van der Waals surface area contributed by atoms with Gasteiger partial charge in [0.2, 0.25) is 0 Å². The second-order valence-electron chi connectivity index (χ2n) is 5.04. The van der Waals surface area contributed by atoms with Crippen molar-refractivity contribution in [2.45, 2.75) is 31.4 Å². The van der Waals surface area contributed by atoms with Gasteiger partial charge in [0, 0.05) is 12.7 Å². The molecule has 2 aliphatic rings. The third-order valence-electron chi connectivity index (χ3n) is 4.33. The summed E-state index contributed by atoms with van der Waals surface area (Å²) in [7, 11) is 1.99. The average molecular weight is 217 g/mol. The van der Waals surface area contributed by atoms with Crippen LogP contribution in [0, 0.1) is 0 Å². The number of para-hydroxylation sites is 1. The number of likely N-dealkylation sites (N-methyl/N-ethyl adjacent to an activating group) is 1. The summed E-state index contributed by atoms with van der Waals surface area (Å²) in [5.74, 6) is -0.105. The molecule has 0 spiro atoms. The number of carbonyl (C=O) groups excluding carboxylic acids is 1. The van der Waals surface area contributed by atoms with E-state index in [1.165, 1.54) is 11.3 Å². The molecule has 0 aliphatic carbocycles. The summed E-state index contributed by atoms with van der Waals surface area (Å²) < 4.78 is 5.56. The van der Waals surface area contributed by atoms with Gasteiger partial charge in [0.15, 0.2) is 5.72 Å². The van der Waals surface area contributed by atoms with Crippen molar-refractivity contribution in [2.24, 2.45) is 0 Å². The van der Waals surface area contributed by atoms with E-state index in [2.05, 4.69) is 24.0 Å². The molecular weight excluding hydrogens is 202 g/mol. The largest absolute Gasteiger partial charge is 0.438 e. The minimum Gasteiger partial charge on any atom is -0.438 e. The number of benzene rings is 1. The number of hydrogen-bond donors (Lipinski definition) is 0. The van der Waals surface area contributed by atoms with Crippen molar-refractivity contribution in [2.75, 3.05) is 11.9 Å². The SMILES string of the molecule is CN1c2ccccc2C2(C)CC(=O)OC12C. The molecule has 0 bridgehead atoms. The van der Waals surface area contributed by atoms with Crippen molar-refractivity contribution in [3.63, 3.8) is 0 Å². The molecule has 16 heavy (non-hydrogen) atoms. The van der Waals surface area contributed by atoms with Gasteiger partial charge in [-0.25, -0.2) is 0 Å². The standard InChI is InChI=1S/C13H15NO2/c1-12-8-11(15)16-13(12,2)14(3)10-7-5-4-6-9(10)12/h4-7H,8H2,1-3H3. The lowest BCUT2D eigenvalue weighted by Crippen LogP contribution is -2.50. The zero-order valence-corrected chi connectivity index (χ0v) is 9.78. The summed E-state index contributed by atoms with van der Waals surface area (Å²) in [6.45, 7) is 4.11. The van der Waals surface area contributed by atoms with E-state index in [9.17, 15) is 4.79 Å². The Labute approximate surface area is 95.0 Å². The minimum absolute atomic E-state index is 0.105. The van der Waals surface area contributed by atoms with Crippen LogP contribution in [0.4, 0.5) is 5.69 Å². The molecule has 0 aromatic heterocycles. The second-order valence-corrected chi connectivity index (χ2v) is 5.04. The summed E-state index contributed by atoms with van der Waals surface area (Å²) in [5.41, 5.74) is 1.62. The van der Waals surface area contributed by atoms with Gasteiger partial charge in [-0.3, -0.25) is 4.79 Å². The van der Waals surface area contributed by atoms with Gasteiger partial charge in [-0.05, 0) is 25.5 Å². The number of hydrogen-bond acceptors (Lipinski definition) is 3. The molecule has 0 saturated carbocycles. The molecule has 0 N–H and O–H groups in total. The Bertz CT molecular complexity index is 485. The van der Waals surface area contributed by atoms with Crippen LogP contribution in [0.3, 0.4) is 0 Å². The Morgan fingerprint density at radius 3 is 2.75 bits per heavy atom. The number of fused-ring (bicyclic) bond motifs is 3. The van der Waals surface area contributed by atoms with Crippen LogP contribution in [0.15, 0.2) is 24.3 Å². The van der Waals surface area contributed by atoms with Crippen LogP contribution in [0.2, 0.25) is 0 Å². The number of anilines is 1. The van der Waals surface area contributed by atoms with E-state index in [1.54, 1.807) is 0 Å². The molecule has 84 valence electrons. The van der Waals surface area contributed by atoms with Crippen LogP contribution in [-0.4, -0.2) is 18.7 Å². The number of rotatable bonds is 0. The van der Waals surface area contributed by atoms with E-state index >= 15 is 0 Å². The Kier molecular flexibility index (Phi) is 1.57. The summed E-state index contributed by atoms with van der Waals surface area (Å²) in [4.78, 5) is 13.7. The van der Waals surface area contributed by atoms with Gasteiger partial charge in [0.25, 0.3) is 0 Å². The van der Waals surface area contributed by atoms with Crippen molar-refractivity contribution in [1.82, 2.24) is 0 Å². The predicted molar refractivity (Wildman–Crippen MR) is 61.3 cm³/mol. The summed E-state index contributed by atoms with van der Waals surface area (Å²) in [6.07, 6.45) is 0.463. The normalized spacial score (nSPS) is 35.9. The first-order valence-corrected chi connectivity index (χ1v) is 5.54. The van der Waals surface area contributed by atoms with Crippen LogP contribution in [0.1, 0.15) is 25.8 Å². The van der Waals surface area contributed by atoms with Gasteiger partial charge in [-0.15, -0.1) is 0 Å². The lowest BCUT2D eigenvalue weighted by molar-refractivity contribution is -0.147. The molecule has 1 saturated heterocycles. The fourth-order valence-electron chi connectivity index (χ4n) is 3.07. The van der Waals surface area contributed by atoms with Crippen molar-refractivity contribution < 1.29 is 9.53 Å². The maximum atomic E-state index is 11.6. The van der Waals surface area contributed by atoms with E-state index in [4.69, 9.17) is 4.74 Å². The molecule has 3 nitrogen and oxygen atoms in total. The first kappa shape index (κ1) is 9.70. The van der Waals surface area contributed by atoms with E-state index in [-0.39, 0.29) is 11.4 Å². The van der Waals surface area contributed by atoms with Gasteiger partial charge >= 0.3 is 5.97 Å². The van der Waals surface area contributed by atoms with E-state index in [1.807, 2.05) is 26.1 Å². The van der Waals surface area contributed by atoms with Crippen molar-refractivity contribution in [3.8, 4) is 0 Å². The second kappa shape index (κ2) is 2.59. The fourth-order valence-corrected chi connectivity index (χ4v) is 3.07. The quantitative estimate of drug-likeness (QED) is 0.623. The van der Waals surface area contributed by atoms with E-state index < -0.39 is 5.72 Å². The zero-order chi connectivity index (χ0) is 11.6. The van der Waals surface area contributed by atoms with E-state index in [0.29, 0.717) is 6.42 Å².